The molecule has 56 heavy (non-hydrogen) atoms. The van der Waals surface area contributed by atoms with Gasteiger partial charge in [-0.25, -0.2) is 0 Å². The van der Waals surface area contributed by atoms with Crippen molar-refractivity contribution in [2.75, 3.05) is 4.90 Å². The van der Waals surface area contributed by atoms with Gasteiger partial charge in [0.05, 0.1) is 0 Å². The first kappa shape index (κ1) is 33.2. The summed E-state index contributed by atoms with van der Waals surface area (Å²) >= 11 is 0. The minimum Gasteiger partial charge on any atom is -0.456 e. The second-order valence-electron chi connectivity index (χ2n) is 14.1. The lowest BCUT2D eigenvalue weighted by Crippen LogP contribution is -2.09. The second-order valence-corrected chi connectivity index (χ2v) is 14.1. The van der Waals surface area contributed by atoms with E-state index in [1.54, 1.807) is 0 Å². The predicted octanol–water partition coefficient (Wildman–Crippen LogP) is 15.4. The number of furan rings is 1. The number of fused-ring (bicyclic) bond motifs is 3. The molecule has 0 bridgehead atoms. The molecule has 0 unspecified atom stereocenters. The van der Waals surface area contributed by atoms with Gasteiger partial charge in [-0.05, 0) is 110 Å². The molecule has 0 saturated heterocycles. The van der Waals surface area contributed by atoms with Gasteiger partial charge in [-0.1, -0.05) is 170 Å². The van der Waals surface area contributed by atoms with Crippen LogP contribution in [0.4, 0.5) is 17.1 Å². The quantitative estimate of drug-likeness (QED) is 0.156. The van der Waals surface area contributed by atoms with E-state index in [1.165, 1.54) is 44.5 Å². The Balaban J connectivity index is 1.07. The second kappa shape index (κ2) is 14.4. The molecule has 0 N–H and O–H groups in total. The summed E-state index contributed by atoms with van der Waals surface area (Å²) < 4.78 is 6.39. The van der Waals surface area contributed by atoms with E-state index in [9.17, 15) is 0 Å². The summed E-state index contributed by atoms with van der Waals surface area (Å²) in [6, 6.07) is 80.0. The highest BCUT2D eigenvalue weighted by Crippen LogP contribution is 2.42. The summed E-state index contributed by atoms with van der Waals surface area (Å²) in [6.45, 7) is 0. The van der Waals surface area contributed by atoms with Gasteiger partial charge in [0, 0.05) is 27.8 Å². The summed E-state index contributed by atoms with van der Waals surface area (Å²) in [6.07, 6.45) is 0. The molecule has 2 heteroatoms. The Bertz CT molecular complexity index is 2910. The Labute approximate surface area is 327 Å². The smallest absolute Gasteiger partial charge is 0.136 e. The normalized spacial score (nSPS) is 11.2. The van der Waals surface area contributed by atoms with Crippen LogP contribution < -0.4 is 4.90 Å². The molecule has 9 aromatic carbocycles. The van der Waals surface area contributed by atoms with E-state index in [0.29, 0.717) is 0 Å². The maximum absolute atomic E-state index is 6.39. The largest absolute Gasteiger partial charge is 0.456 e. The molecule has 10 aromatic rings. The van der Waals surface area contributed by atoms with Crippen LogP contribution in [0.2, 0.25) is 0 Å². The summed E-state index contributed by atoms with van der Waals surface area (Å²) in [7, 11) is 0. The zero-order valence-corrected chi connectivity index (χ0v) is 30.7. The Morgan fingerprint density at radius 2 is 0.625 bits per heavy atom. The first-order chi connectivity index (χ1) is 27.8. The van der Waals surface area contributed by atoms with Crippen LogP contribution in [-0.2, 0) is 0 Å². The van der Waals surface area contributed by atoms with Crippen molar-refractivity contribution in [3.63, 3.8) is 0 Å². The minimum absolute atomic E-state index is 0.888. The van der Waals surface area contributed by atoms with Crippen molar-refractivity contribution in [1.82, 2.24) is 0 Å². The van der Waals surface area contributed by atoms with E-state index in [0.717, 1.165) is 50.1 Å². The Morgan fingerprint density at radius 3 is 1.18 bits per heavy atom. The van der Waals surface area contributed by atoms with Gasteiger partial charge in [-0.2, -0.15) is 0 Å². The van der Waals surface area contributed by atoms with Gasteiger partial charge in [0.1, 0.15) is 11.2 Å². The topological polar surface area (TPSA) is 16.4 Å². The van der Waals surface area contributed by atoms with Crippen LogP contribution in [0.15, 0.2) is 229 Å². The van der Waals surface area contributed by atoms with E-state index in [-0.39, 0.29) is 0 Å². The fourth-order valence-corrected chi connectivity index (χ4v) is 7.93. The highest BCUT2D eigenvalue weighted by atomic mass is 16.3. The van der Waals surface area contributed by atoms with Crippen LogP contribution in [0, 0.1) is 0 Å². The van der Waals surface area contributed by atoms with Crippen molar-refractivity contribution in [2.45, 2.75) is 0 Å². The Morgan fingerprint density at radius 1 is 0.250 bits per heavy atom. The molecule has 264 valence electrons. The van der Waals surface area contributed by atoms with E-state index in [4.69, 9.17) is 4.42 Å². The van der Waals surface area contributed by atoms with Gasteiger partial charge in [-0.3, -0.25) is 0 Å². The molecule has 10 rings (SSSR count). The highest BCUT2D eigenvalue weighted by molar-refractivity contribution is 6.09. The average Bonchev–Trinajstić information content (AvgIpc) is 3.65. The van der Waals surface area contributed by atoms with Crippen molar-refractivity contribution in [2.24, 2.45) is 0 Å². The molecule has 0 aliphatic rings. The summed E-state index contributed by atoms with van der Waals surface area (Å²) in [5.74, 6) is 0. The van der Waals surface area contributed by atoms with Crippen LogP contribution >= 0.6 is 0 Å². The molecule has 0 amide bonds. The number of para-hydroxylation sites is 1. The number of anilines is 3. The van der Waals surface area contributed by atoms with Crippen molar-refractivity contribution < 1.29 is 4.42 Å². The third-order valence-electron chi connectivity index (χ3n) is 10.7. The van der Waals surface area contributed by atoms with Crippen LogP contribution in [0.3, 0.4) is 0 Å². The van der Waals surface area contributed by atoms with Crippen molar-refractivity contribution in [1.29, 1.82) is 0 Å². The molecule has 0 spiro atoms. The molecule has 0 saturated carbocycles. The minimum atomic E-state index is 0.888. The van der Waals surface area contributed by atoms with E-state index >= 15 is 0 Å². The van der Waals surface area contributed by atoms with E-state index in [1.807, 2.05) is 12.1 Å². The van der Waals surface area contributed by atoms with Crippen LogP contribution in [0.25, 0.3) is 77.6 Å². The van der Waals surface area contributed by atoms with Gasteiger partial charge in [0.25, 0.3) is 0 Å². The first-order valence-electron chi connectivity index (χ1n) is 19.1. The molecule has 0 radical (unpaired) electrons. The molecule has 0 fully saturated rings. The van der Waals surface area contributed by atoms with Gasteiger partial charge in [0.15, 0.2) is 0 Å². The standard InChI is InChI=1S/C54H37NO/c1-4-14-38(15-5-1)39-24-30-44(31-25-39)55(45-32-26-42(27-33-45)48-21-11-10-20-47(48)40-16-6-2-7-17-40)46-34-28-43(29-35-46)51-37-54-52(49-22-12-13-23-53(49)56-54)36-50(51)41-18-8-3-9-19-41/h1-37H. The zero-order chi connectivity index (χ0) is 37.3. The molecule has 0 aliphatic heterocycles. The maximum Gasteiger partial charge on any atom is 0.136 e. The lowest BCUT2D eigenvalue weighted by atomic mass is 9.92. The van der Waals surface area contributed by atoms with Crippen LogP contribution in [0.5, 0.6) is 0 Å². The van der Waals surface area contributed by atoms with Gasteiger partial charge < -0.3 is 9.32 Å². The number of hydrogen-bond donors (Lipinski definition) is 0. The molecule has 2 nitrogen and oxygen atoms in total. The fraction of sp³-hybridized carbons (Fsp3) is 0. The molecule has 1 heterocycles. The maximum atomic E-state index is 6.39. The molecule has 0 atom stereocenters. The fourth-order valence-electron chi connectivity index (χ4n) is 7.93. The van der Waals surface area contributed by atoms with E-state index < -0.39 is 0 Å². The molecule has 0 aliphatic carbocycles. The number of rotatable bonds is 8. The monoisotopic (exact) mass is 715 g/mol. The van der Waals surface area contributed by atoms with Crippen LogP contribution in [0.1, 0.15) is 0 Å². The van der Waals surface area contributed by atoms with Crippen molar-refractivity contribution in [3.8, 4) is 55.6 Å². The van der Waals surface area contributed by atoms with Crippen molar-refractivity contribution in [3.05, 3.63) is 224 Å². The average molecular weight is 716 g/mol. The van der Waals surface area contributed by atoms with Crippen molar-refractivity contribution >= 4 is 39.0 Å². The third kappa shape index (κ3) is 6.24. The number of benzene rings is 9. The predicted molar refractivity (Wildman–Crippen MR) is 236 cm³/mol. The number of hydrogen-bond acceptors (Lipinski definition) is 2. The SMILES string of the molecule is c1ccc(-c2ccc(N(c3ccc(-c4ccccc4-c4ccccc4)cc3)c3ccc(-c4cc5oc6ccccc6c5cc4-c4ccccc4)cc3)cc2)cc1. The molecular formula is C54H37NO. The Kier molecular flexibility index (Phi) is 8.55. The number of nitrogens with zero attached hydrogens (tertiary/aromatic N) is 1. The summed E-state index contributed by atoms with van der Waals surface area (Å²) in [4.78, 5) is 2.34. The van der Waals surface area contributed by atoms with Gasteiger partial charge in [0.2, 0.25) is 0 Å². The third-order valence-corrected chi connectivity index (χ3v) is 10.7. The molecule has 1 aromatic heterocycles. The van der Waals surface area contributed by atoms with Gasteiger partial charge >= 0.3 is 0 Å². The highest BCUT2D eigenvalue weighted by Gasteiger charge is 2.18. The Hall–Kier alpha value is -7.42. The lowest BCUT2D eigenvalue weighted by molar-refractivity contribution is 0.669. The van der Waals surface area contributed by atoms with E-state index in [2.05, 4.69) is 217 Å². The first-order valence-corrected chi connectivity index (χ1v) is 19.1. The summed E-state index contributed by atoms with van der Waals surface area (Å²) in [5.41, 5.74) is 16.9. The summed E-state index contributed by atoms with van der Waals surface area (Å²) in [5, 5.41) is 2.25. The zero-order valence-electron chi connectivity index (χ0n) is 30.7. The lowest BCUT2D eigenvalue weighted by Gasteiger charge is -2.26. The van der Waals surface area contributed by atoms with Gasteiger partial charge in [-0.15, -0.1) is 0 Å². The molecular weight excluding hydrogens is 679 g/mol. The van der Waals surface area contributed by atoms with Crippen LogP contribution in [-0.4, -0.2) is 0 Å².